The zero-order valence-electron chi connectivity index (χ0n) is 11.3. The zero-order chi connectivity index (χ0) is 12.3. The molecular formula is C13H26N2O2. The normalized spacial score (nSPS) is 39.7. The molecule has 2 saturated heterocycles. The van der Waals surface area contributed by atoms with Crippen molar-refractivity contribution in [2.75, 3.05) is 40.0 Å². The molecule has 0 aliphatic carbocycles. The minimum Gasteiger partial charge on any atom is -0.379 e. The first-order chi connectivity index (χ1) is 8.24. The van der Waals surface area contributed by atoms with Crippen LogP contribution in [0.4, 0.5) is 0 Å². The molecule has 17 heavy (non-hydrogen) atoms. The SMILES string of the molecule is CCC1COC(C)CN1CC1COCC1NC. The molecule has 0 bridgehead atoms. The van der Waals surface area contributed by atoms with E-state index >= 15 is 0 Å². The van der Waals surface area contributed by atoms with Crippen molar-refractivity contribution in [2.45, 2.75) is 38.5 Å². The quantitative estimate of drug-likeness (QED) is 0.787. The van der Waals surface area contributed by atoms with E-state index < -0.39 is 0 Å². The molecule has 0 radical (unpaired) electrons. The highest BCUT2D eigenvalue weighted by atomic mass is 16.5. The van der Waals surface area contributed by atoms with Crippen LogP contribution in [0.1, 0.15) is 20.3 Å². The monoisotopic (exact) mass is 242 g/mol. The van der Waals surface area contributed by atoms with Crippen LogP contribution in [0.2, 0.25) is 0 Å². The largest absolute Gasteiger partial charge is 0.379 e. The summed E-state index contributed by atoms with van der Waals surface area (Å²) in [5, 5.41) is 3.36. The van der Waals surface area contributed by atoms with Crippen LogP contribution in [-0.4, -0.2) is 63.0 Å². The molecule has 4 unspecified atom stereocenters. The van der Waals surface area contributed by atoms with E-state index in [1.165, 1.54) is 6.42 Å². The van der Waals surface area contributed by atoms with E-state index in [2.05, 4.69) is 24.1 Å². The van der Waals surface area contributed by atoms with Crippen LogP contribution in [0.25, 0.3) is 0 Å². The molecular weight excluding hydrogens is 216 g/mol. The maximum Gasteiger partial charge on any atom is 0.0674 e. The van der Waals surface area contributed by atoms with E-state index in [0.717, 1.165) is 32.9 Å². The van der Waals surface area contributed by atoms with Crippen LogP contribution in [0.5, 0.6) is 0 Å². The Balaban J connectivity index is 1.90. The number of ether oxygens (including phenoxy) is 2. The number of nitrogens with one attached hydrogen (secondary N) is 1. The van der Waals surface area contributed by atoms with Crippen LogP contribution >= 0.6 is 0 Å². The molecule has 100 valence electrons. The third kappa shape index (κ3) is 3.19. The van der Waals surface area contributed by atoms with Gasteiger partial charge in [0.1, 0.15) is 0 Å². The van der Waals surface area contributed by atoms with E-state index in [1.54, 1.807) is 0 Å². The highest BCUT2D eigenvalue weighted by molar-refractivity contribution is 4.86. The van der Waals surface area contributed by atoms with Crippen molar-refractivity contribution >= 4 is 0 Å². The van der Waals surface area contributed by atoms with Gasteiger partial charge >= 0.3 is 0 Å². The molecule has 1 N–H and O–H groups in total. The summed E-state index contributed by atoms with van der Waals surface area (Å²) in [4.78, 5) is 2.60. The van der Waals surface area contributed by atoms with E-state index in [4.69, 9.17) is 9.47 Å². The Bertz CT molecular complexity index is 237. The van der Waals surface area contributed by atoms with Gasteiger partial charge in [-0.15, -0.1) is 0 Å². The lowest BCUT2D eigenvalue weighted by atomic mass is 10.0. The molecule has 2 aliphatic heterocycles. The van der Waals surface area contributed by atoms with Crippen LogP contribution in [0.3, 0.4) is 0 Å². The first kappa shape index (κ1) is 13.3. The summed E-state index contributed by atoms with van der Waals surface area (Å²) >= 11 is 0. The molecule has 2 heterocycles. The average molecular weight is 242 g/mol. The minimum absolute atomic E-state index is 0.369. The number of hydrogen-bond donors (Lipinski definition) is 1. The Hall–Kier alpha value is -0.160. The van der Waals surface area contributed by atoms with E-state index in [-0.39, 0.29) is 0 Å². The maximum absolute atomic E-state index is 5.74. The fourth-order valence-corrected chi connectivity index (χ4v) is 2.91. The van der Waals surface area contributed by atoms with E-state index in [1.807, 2.05) is 7.05 Å². The van der Waals surface area contributed by atoms with Gasteiger partial charge in [0.15, 0.2) is 0 Å². The third-order valence-corrected chi connectivity index (χ3v) is 4.09. The zero-order valence-corrected chi connectivity index (χ0v) is 11.3. The number of nitrogens with zero attached hydrogens (tertiary/aromatic N) is 1. The molecule has 0 amide bonds. The standard InChI is InChI=1S/C13H26N2O2/c1-4-12-8-17-10(2)5-15(12)6-11-7-16-9-13(11)14-3/h10-14H,4-9H2,1-3H3. The predicted molar refractivity (Wildman–Crippen MR) is 68.2 cm³/mol. The highest BCUT2D eigenvalue weighted by Gasteiger charge is 2.33. The van der Waals surface area contributed by atoms with Crippen molar-refractivity contribution in [2.24, 2.45) is 5.92 Å². The van der Waals surface area contributed by atoms with Crippen molar-refractivity contribution in [3.05, 3.63) is 0 Å². The Morgan fingerprint density at radius 1 is 1.29 bits per heavy atom. The van der Waals surface area contributed by atoms with Gasteiger partial charge < -0.3 is 14.8 Å². The Kier molecular flexibility index (Phi) is 4.79. The Morgan fingerprint density at radius 3 is 2.82 bits per heavy atom. The first-order valence-electron chi connectivity index (χ1n) is 6.85. The summed E-state index contributed by atoms with van der Waals surface area (Å²) in [5.41, 5.74) is 0. The molecule has 0 aromatic rings. The van der Waals surface area contributed by atoms with Crippen molar-refractivity contribution in [1.29, 1.82) is 0 Å². The van der Waals surface area contributed by atoms with Crippen molar-refractivity contribution < 1.29 is 9.47 Å². The number of rotatable bonds is 4. The highest BCUT2D eigenvalue weighted by Crippen LogP contribution is 2.20. The van der Waals surface area contributed by atoms with Crippen molar-refractivity contribution in [3.8, 4) is 0 Å². The third-order valence-electron chi connectivity index (χ3n) is 4.09. The number of likely N-dealkylation sites (N-methyl/N-ethyl adjacent to an activating group) is 1. The summed E-state index contributed by atoms with van der Waals surface area (Å²) in [5.74, 6) is 0.624. The molecule has 0 saturated carbocycles. The fourth-order valence-electron chi connectivity index (χ4n) is 2.91. The van der Waals surface area contributed by atoms with Gasteiger partial charge in [-0.3, -0.25) is 4.90 Å². The van der Waals surface area contributed by atoms with Gasteiger partial charge in [0.2, 0.25) is 0 Å². The molecule has 4 atom stereocenters. The lowest BCUT2D eigenvalue weighted by molar-refractivity contribution is -0.0614. The van der Waals surface area contributed by atoms with Gasteiger partial charge in [-0.05, 0) is 20.4 Å². The van der Waals surface area contributed by atoms with Gasteiger partial charge in [-0.1, -0.05) is 6.92 Å². The molecule has 2 aliphatic rings. The smallest absolute Gasteiger partial charge is 0.0674 e. The molecule has 2 fully saturated rings. The van der Waals surface area contributed by atoms with Crippen LogP contribution in [0, 0.1) is 5.92 Å². The second-order valence-electron chi connectivity index (χ2n) is 5.35. The number of hydrogen-bond acceptors (Lipinski definition) is 4. The van der Waals surface area contributed by atoms with E-state index in [0.29, 0.717) is 24.1 Å². The van der Waals surface area contributed by atoms with Crippen molar-refractivity contribution in [1.82, 2.24) is 10.2 Å². The molecule has 4 heteroatoms. The van der Waals surface area contributed by atoms with Gasteiger partial charge in [0, 0.05) is 31.1 Å². The average Bonchev–Trinajstić information content (AvgIpc) is 2.77. The summed E-state index contributed by atoms with van der Waals surface area (Å²) in [6, 6.07) is 1.11. The molecule has 4 nitrogen and oxygen atoms in total. The van der Waals surface area contributed by atoms with E-state index in [9.17, 15) is 0 Å². The fraction of sp³-hybridized carbons (Fsp3) is 1.00. The second kappa shape index (κ2) is 6.14. The lowest BCUT2D eigenvalue weighted by Crippen LogP contribution is -2.52. The second-order valence-corrected chi connectivity index (χ2v) is 5.35. The molecule has 0 aromatic heterocycles. The van der Waals surface area contributed by atoms with Gasteiger partial charge in [0.05, 0.1) is 25.9 Å². The van der Waals surface area contributed by atoms with Crippen molar-refractivity contribution in [3.63, 3.8) is 0 Å². The minimum atomic E-state index is 0.369. The first-order valence-corrected chi connectivity index (χ1v) is 6.85. The van der Waals surface area contributed by atoms with Crippen LogP contribution < -0.4 is 5.32 Å². The summed E-state index contributed by atoms with van der Waals surface area (Å²) in [7, 11) is 2.03. The van der Waals surface area contributed by atoms with Crippen LogP contribution in [0.15, 0.2) is 0 Å². The Morgan fingerprint density at radius 2 is 2.12 bits per heavy atom. The topological polar surface area (TPSA) is 33.7 Å². The maximum atomic E-state index is 5.74. The van der Waals surface area contributed by atoms with Gasteiger partial charge in [0.25, 0.3) is 0 Å². The number of morpholine rings is 1. The molecule has 2 rings (SSSR count). The Labute approximate surface area is 105 Å². The predicted octanol–water partition coefficient (Wildman–Crippen LogP) is 0.720. The van der Waals surface area contributed by atoms with Gasteiger partial charge in [-0.2, -0.15) is 0 Å². The molecule has 0 spiro atoms. The summed E-state index contributed by atoms with van der Waals surface area (Å²) < 4.78 is 11.3. The molecule has 0 aromatic carbocycles. The van der Waals surface area contributed by atoms with Gasteiger partial charge in [-0.25, -0.2) is 0 Å². The lowest BCUT2D eigenvalue weighted by Gasteiger charge is -2.40. The summed E-state index contributed by atoms with van der Waals surface area (Å²) in [6.07, 6.45) is 1.54. The van der Waals surface area contributed by atoms with Crippen LogP contribution in [-0.2, 0) is 9.47 Å². The summed E-state index contributed by atoms with van der Waals surface area (Å²) in [6.45, 7) is 9.25.